The summed E-state index contributed by atoms with van der Waals surface area (Å²) in [7, 11) is 0. The Morgan fingerprint density at radius 3 is 2.81 bits per heavy atom. The van der Waals surface area contributed by atoms with Crippen molar-refractivity contribution >= 4 is 33.6 Å². The number of rotatable bonds is 2. The van der Waals surface area contributed by atoms with E-state index in [1.807, 2.05) is 6.92 Å². The fourth-order valence-corrected chi connectivity index (χ4v) is 2.93. The van der Waals surface area contributed by atoms with Gasteiger partial charge in [-0.15, -0.1) is 0 Å². The van der Waals surface area contributed by atoms with E-state index in [4.69, 9.17) is 0 Å². The van der Waals surface area contributed by atoms with E-state index in [0.717, 1.165) is 30.2 Å². The lowest BCUT2D eigenvalue weighted by Gasteiger charge is -2.27. The molecule has 0 spiro atoms. The van der Waals surface area contributed by atoms with Crippen LogP contribution in [0.4, 0.5) is 10.5 Å². The minimum Gasteiger partial charge on any atom is -0.478 e. The number of aromatic carboxylic acids is 1. The second kappa shape index (κ2) is 6.93. The van der Waals surface area contributed by atoms with Crippen LogP contribution in [0.2, 0.25) is 0 Å². The number of carboxylic acids is 1. The predicted molar refractivity (Wildman–Crippen MR) is 84.8 cm³/mol. The number of nitrogens with zero attached hydrogens (tertiary/aromatic N) is 1. The van der Waals surface area contributed by atoms with Crippen LogP contribution in [0.1, 0.15) is 43.0 Å². The first-order valence-electron chi connectivity index (χ1n) is 7.09. The van der Waals surface area contributed by atoms with Crippen LogP contribution < -0.4 is 5.32 Å². The zero-order valence-electron chi connectivity index (χ0n) is 11.9. The maximum atomic E-state index is 12.4. The van der Waals surface area contributed by atoms with E-state index in [-0.39, 0.29) is 17.6 Å². The van der Waals surface area contributed by atoms with Gasteiger partial charge in [-0.2, -0.15) is 0 Å². The Balaban J connectivity index is 2.18. The maximum Gasteiger partial charge on any atom is 0.337 e. The standard InChI is InChI=1S/C15H19BrN2O3/c1-10-5-3-2-4-8-18(10)15(21)17-13-9-11(16)6-7-12(13)14(19)20/h6-7,9-10H,2-5,8H2,1H3,(H,17,21)(H,19,20). The molecular formula is C15H19BrN2O3. The third-order valence-electron chi connectivity index (χ3n) is 3.77. The highest BCUT2D eigenvalue weighted by Crippen LogP contribution is 2.23. The Kier molecular flexibility index (Phi) is 5.22. The van der Waals surface area contributed by atoms with Crippen LogP contribution in [-0.4, -0.2) is 34.6 Å². The SMILES string of the molecule is CC1CCCCCN1C(=O)Nc1cc(Br)ccc1C(=O)O. The molecule has 2 N–H and O–H groups in total. The minimum absolute atomic E-state index is 0.0917. The Morgan fingerprint density at radius 1 is 1.33 bits per heavy atom. The Morgan fingerprint density at radius 2 is 2.10 bits per heavy atom. The second-order valence-corrected chi connectivity index (χ2v) is 6.23. The maximum absolute atomic E-state index is 12.4. The number of hydrogen-bond donors (Lipinski definition) is 2. The number of urea groups is 1. The van der Waals surface area contributed by atoms with Crippen LogP contribution in [0.15, 0.2) is 22.7 Å². The number of carbonyl (C=O) groups excluding carboxylic acids is 1. The first-order chi connectivity index (χ1) is 9.99. The summed E-state index contributed by atoms with van der Waals surface area (Å²) in [5.74, 6) is -1.05. The molecule has 2 amide bonds. The van der Waals surface area contributed by atoms with E-state index >= 15 is 0 Å². The molecule has 1 fully saturated rings. The molecule has 0 aliphatic carbocycles. The zero-order chi connectivity index (χ0) is 15.4. The molecule has 1 aromatic rings. The molecule has 1 unspecified atom stereocenters. The summed E-state index contributed by atoms with van der Waals surface area (Å²) in [6, 6.07) is 4.68. The molecule has 1 saturated heterocycles. The first kappa shape index (κ1) is 15.8. The van der Waals surface area contributed by atoms with E-state index in [0.29, 0.717) is 12.2 Å². The normalized spacial score (nSPS) is 19.0. The van der Waals surface area contributed by atoms with Gasteiger partial charge in [0.2, 0.25) is 0 Å². The van der Waals surface area contributed by atoms with Crippen LogP contribution in [0.3, 0.4) is 0 Å². The second-order valence-electron chi connectivity index (χ2n) is 5.32. The van der Waals surface area contributed by atoms with E-state index in [2.05, 4.69) is 21.2 Å². The average molecular weight is 355 g/mol. The molecule has 1 atom stereocenters. The van der Waals surface area contributed by atoms with Crippen LogP contribution in [-0.2, 0) is 0 Å². The number of amides is 2. The lowest BCUT2D eigenvalue weighted by atomic mass is 10.1. The summed E-state index contributed by atoms with van der Waals surface area (Å²) < 4.78 is 0.728. The van der Waals surface area contributed by atoms with E-state index in [1.54, 1.807) is 17.0 Å². The summed E-state index contributed by atoms with van der Waals surface area (Å²) in [5.41, 5.74) is 0.410. The van der Waals surface area contributed by atoms with Gasteiger partial charge < -0.3 is 15.3 Å². The van der Waals surface area contributed by atoms with Crippen molar-refractivity contribution in [3.63, 3.8) is 0 Å². The lowest BCUT2D eigenvalue weighted by molar-refractivity contribution is 0.0698. The smallest absolute Gasteiger partial charge is 0.337 e. The fraction of sp³-hybridized carbons (Fsp3) is 0.467. The number of likely N-dealkylation sites (tertiary alicyclic amines) is 1. The molecule has 0 bridgehead atoms. The number of halogens is 1. The van der Waals surface area contributed by atoms with Crippen LogP contribution >= 0.6 is 15.9 Å². The van der Waals surface area contributed by atoms with Crippen LogP contribution in [0, 0.1) is 0 Å². The van der Waals surface area contributed by atoms with Gasteiger partial charge in [0.25, 0.3) is 0 Å². The number of nitrogens with one attached hydrogen (secondary N) is 1. The summed E-state index contributed by atoms with van der Waals surface area (Å²) in [5, 5.41) is 11.9. The highest BCUT2D eigenvalue weighted by Gasteiger charge is 2.23. The quantitative estimate of drug-likeness (QED) is 0.844. The van der Waals surface area contributed by atoms with Gasteiger partial charge in [-0.05, 0) is 38.0 Å². The topological polar surface area (TPSA) is 69.6 Å². The Hall–Kier alpha value is -1.56. The highest BCUT2D eigenvalue weighted by atomic mass is 79.9. The molecule has 6 heteroatoms. The van der Waals surface area contributed by atoms with Gasteiger partial charge in [0, 0.05) is 17.1 Å². The third-order valence-corrected chi connectivity index (χ3v) is 4.26. The molecule has 1 aliphatic rings. The lowest BCUT2D eigenvalue weighted by Crippen LogP contribution is -2.41. The molecule has 1 aliphatic heterocycles. The van der Waals surface area contributed by atoms with E-state index in [1.165, 1.54) is 6.07 Å². The van der Waals surface area contributed by atoms with Gasteiger partial charge in [-0.3, -0.25) is 0 Å². The molecule has 5 nitrogen and oxygen atoms in total. The number of carboxylic acid groups (broad SMARTS) is 1. The monoisotopic (exact) mass is 354 g/mol. The zero-order valence-corrected chi connectivity index (χ0v) is 13.5. The van der Waals surface area contributed by atoms with Gasteiger partial charge in [0.1, 0.15) is 0 Å². The summed E-state index contributed by atoms with van der Waals surface area (Å²) in [6.45, 7) is 2.74. The van der Waals surface area contributed by atoms with E-state index in [9.17, 15) is 14.7 Å². The number of benzene rings is 1. The molecule has 114 valence electrons. The van der Waals surface area contributed by atoms with Crippen molar-refractivity contribution in [2.24, 2.45) is 0 Å². The molecule has 1 aromatic carbocycles. The molecule has 0 radical (unpaired) electrons. The van der Waals surface area contributed by atoms with Crippen molar-refractivity contribution in [1.82, 2.24) is 4.90 Å². The Labute approximate surface area is 132 Å². The molecule has 1 heterocycles. The largest absolute Gasteiger partial charge is 0.478 e. The number of hydrogen-bond acceptors (Lipinski definition) is 2. The molecular weight excluding hydrogens is 336 g/mol. The van der Waals surface area contributed by atoms with Crippen molar-refractivity contribution in [2.75, 3.05) is 11.9 Å². The van der Waals surface area contributed by atoms with Gasteiger partial charge in [0.05, 0.1) is 11.3 Å². The molecule has 0 aromatic heterocycles. The van der Waals surface area contributed by atoms with Gasteiger partial charge in [-0.1, -0.05) is 28.8 Å². The summed E-state index contributed by atoms with van der Waals surface area (Å²) in [6.07, 6.45) is 4.23. The Bertz CT molecular complexity index is 548. The summed E-state index contributed by atoms with van der Waals surface area (Å²) >= 11 is 3.30. The average Bonchev–Trinajstić information content (AvgIpc) is 2.63. The fourth-order valence-electron chi connectivity index (χ4n) is 2.57. The minimum atomic E-state index is -1.05. The third kappa shape index (κ3) is 3.97. The molecule has 2 rings (SSSR count). The van der Waals surface area contributed by atoms with E-state index < -0.39 is 5.97 Å². The predicted octanol–water partition coefficient (Wildman–Crippen LogP) is 3.94. The molecule has 21 heavy (non-hydrogen) atoms. The van der Waals surface area contributed by atoms with Crippen molar-refractivity contribution in [1.29, 1.82) is 0 Å². The first-order valence-corrected chi connectivity index (χ1v) is 7.89. The van der Waals surface area contributed by atoms with Crippen molar-refractivity contribution in [3.8, 4) is 0 Å². The van der Waals surface area contributed by atoms with Crippen LogP contribution in [0.5, 0.6) is 0 Å². The van der Waals surface area contributed by atoms with Crippen molar-refractivity contribution in [3.05, 3.63) is 28.2 Å². The van der Waals surface area contributed by atoms with Crippen molar-refractivity contribution < 1.29 is 14.7 Å². The van der Waals surface area contributed by atoms with Gasteiger partial charge in [-0.25, -0.2) is 9.59 Å². The molecule has 0 saturated carbocycles. The number of anilines is 1. The van der Waals surface area contributed by atoms with Gasteiger partial charge >= 0.3 is 12.0 Å². The number of carbonyl (C=O) groups is 2. The van der Waals surface area contributed by atoms with Crippen LogP contribution in [0.25, 0.3) is 0 Å². The van der Waals surface area contributed by atoms with Gasteiger partial charge in [0.15, 0.2) is 0 Å². The highest BCUT2D eigenvalue weighted by molar-refractivity contribution is 9.10. The van der Waals surface area contributed by atoms with Crippen molar-refractivity contribution in [2.45, 2.75) is 38.6 Å². The summed E-state index contributed by atoms with van der Waals surface area (Å²) in [4.78, 5) is 25.4.